The number of nitrogens with one attached hydrogen (secondary N) is 1. The molecule has 0 aliphatic heterocycles. The van der Waals surface area contributed by atoms with Crippen LogP contribution in [-0.4, -0.2) is 32.8 Å². The van der Waals surface area contributed by atoms with E-state index < -0.39 is 35.2 Å². The summed E-state index contributed by atoms with van der Waals surface area (Å²) in [5.74, 6) is -3.44. The summed E-state index contributed by atoms with van der Waals surface area (Å²) in [5.41, 5.74) is -0.117. The predicted octanol–water partition coefficient (Wildman–Crippen LogP) is 2.69. The van der Waals surface area contributed by atoms with Crippen molar-refractivity contribution in [2.75, 3.05) is 0 Å². The van der Waals surface area contributed by atoms with Gasteiger partial charge in [0.15, 0.2) is 17.3 Å². The number of hydrogen-bond donors (Lipinski definition) is 2. The lowest BCUT2D eigenvalue weighted by Gasteiger charge is -2.15. The number of carboxylic acids is 1. The highest BCUT2D eigenvalue weighted by Crippen LogP contribution is 2.19. The van der Waals surface area contributed by atoms with Crippen LogP contribution in [0.4, 0.5) is 8.78 Å². The lowest BCUT2D eigenvalue weighted by Crippen LogP contribution is -2.42. The van der Waals surface area contributed by atoms with Crippen molar-refractivity contribution >= 4 is 11.9 Å². The van der Waals surface area contributed by atoms with E-state index in [0.717, 1.165) is 16.8 Å². The molecule has 1 amide bonds. The Balaban J connectivity index is 2.30. The van der Waals surface area contributed by atoms with Gasteiger partial charge in [-0.3, -0.25) is 4.79 Å². The number of benzene rings is 1. The maximum absolute atomic E-state index is 13.9. The molecule has 8 heteroatoms. The minimum absolute atomic E-state index is 0.0626. The third kappa shape index (κ3) is 4.20. The molecule has 0 saturated heterocycles. The maximum atomic E-state index is 13.9. The van der Waals surface area contributed by atoms with Gasteiger partial charge >= 0.3 is 5.97 Å². The van der Waals surface area contributed by atoms with E-state index >= 15 is 0 Å². The Labute approximate surface area is 143 Å². The van der Waals surface area contributed by atoms with Crippen molar-refractivity contribution in [1.29, 1.82) is 0 Å². The van der Waals surface area contributed by atoms with Crippen LogP contribution in [0.5, 0.6) is 0 Å². The molecule has 1 aromatic carbocycles. The molecule has 0 aliphatic rings. The van der Waals surface area contributed by atoms with Crippen LogP contribution in [0.2, 0.25) is 0 Å². The first-order valence-corrected chi connectivity index (χ1v) is 7.75. The second-order valence-corrected chi connectivity index (χ2v) is 6.17. The van der Waals surface area contributed by atoms with Gasteiger partial charge in [0.2, 0.25) is 0 Å². The lowest BCUT2D eigenvalue weighted by molar-refractivity contribution is -0.139. The molecule has 2 N–H and O–H groups in total. The van der Waals surface area contributed by atoms with Gasteiger partial charge in [0, 0.05) is 11.8 Å². The molecule has 6 nitrogen and oxygen atoms in total. The highest BCUT2D eigenvalue weighted by Gasteiger charge is 2.25. The number of carboxylic acid groups (broad SMARTS) is 1. The molecule has 0 radical (unpaired) electrons. The number of carbonyl (C=O) groups excluding carboxylic acids is 1. The lowest BCUT2D eigenvalue weighted by atomic mass is 10.0. The van der Waals surface area contributed by atoms with Crippen LogP contribution in [0.15, 0.2) is 24.4 Å². The monoisotopic (exact) mass is 351 g/mol. The summed E-state index contributed by atoms with van der Waals surface area (Å²) in [4.78, 5) is 23.6. The Morgan fingerprint density at radius 2 is 1.88 bits per heavy atom. The molecule has 0 aliphatic carbocycles. The van der Waals surface area contributed by atoms with Crippen LogP contribution >= 0.6 is 0 Å². The summed E-state index contributed by atoms with van der Waals surface area (Å²) in [6.07, 6.45) is 1.57. The SMILES string of the molecule is Cc1cn(-c2c(F)cccc2F)nc1C(=O)NC(CC(C)C)C(=O)O. The van der Waals surface area contributed by atoms with E-state index in [-0.39, 0.29) is 18.0 Å². The van der Waals surface area contributed by atoms with E-state index in [2.05, 4.69) is 10.4 Å². The second kappa shape index (κ2) is 7.42. The summed E-state index contributed by atoms with van der Waals surface area (Å²) in [6, 6.07) is 2.32. The van der Waals surface area contributed by atoms with Crippen LogP contribution in [0.1, 0.15) is 36.3 Å². The van der Waals surface area contributed by atoms with Crippen molar-refractivity contribution in [3.8, 4) is 5.69 Å². The number of aromatic nitrogens is 2. The van der Waals surface area contributed by atoms with E-state index in [1.165, 1.54) is 12.3 Å². The zero-order valence-electron chi connectivity index (χ0n) is 14.1. The first-order valence-electron chi connectivity index (χ1n) is 7.75. The van der Waals surface area contributed by atoms with Gasteiger partial charge in [-0.05, 0) is 31.4 Å². The minimum atomic E-state index is -1.15. The van der Waals surface area contributed by atoms with Crippen LogP contribution in [0, 0.1) is 24.5 Å². The topological polar surface area (TPSA) is 84.2 Å². The molecule has 2 aromatic rings. The molecule has 0 bridgehead atoms. The molecule has 0 spiro atoms. The Bertz CT molecular complexity index is 782. The van der Waals surface area contributed by atoms with Crippen molar-refractivity contribution in [1.82, 2.24) is 15.1 Å². The Hall–Kier alpha value is -2.77. The highest BCUT2D eigenvalue weighted by molar-refractivity contribution is 5.96. The van der Waals surface area contributed by atoms with E-state index in [1.54, 1.807) is 6.92 Å². The second-order valence-electron chi connectivity index (χ2n) is 6.17. The van der Waals surface area contributed by atoms with Crippen molar-refractivity contribution in [2.24, 2.45) is 5.92 Å². The average Bonchev–Trinajstić information content (AvgIpc) is 2.87. The van der Waals surface area contributed by atoms with E-state index in [4.69, 9.17) is 0 Å². The number of aliphatic carboxylic acids is 1. The number of rotatable bonds is 6. The molecule has 0 saturated carbocycles. The van der Waals surface area contributed by atoms with Gasteiger partial charge in [0.05, 0.1) is 0 Å². The van der Waals surface area contributed by atoms with Crippen LogP contribution in [-0.2, 0) is 4.79 Å². The number of halogens is 2. The number of amides is 1. The molecule has 2 rings (SSSR count). The molecule has 134 valence electrons. The van der Waals surface area contributed by atoms with E-state index in [9.17, 15) is 23.5 Å². The van der Waals surface area contributed by atoms with E-state index in [1.807, 2.05) is 13.8 Å². The van der Waals surface area contributed by atoms with Gasteiger partial charge in [-0.2, -0.15) is 5.10 Å². The summed E-state index contributed by atoms with van der Waals surface area (Å²) >= 11 is 0. The van der Waals surface area contributed by atoms with E-state index in [0.29, 0.717) is 5.56 Å². The van der Waals surface area contributed by atoms with Gasteiger partial charge in [0.25, 0.3) is 5.91 Å². The Kier molecular flexibility index (Phi) is 5.51. The number of carbonyl (C=O) groups is 2. The Morgan fingerprint density at radius 1 is 1.28 bits per heavy atom. The molecule has 1 atom stereocenters. The average molecular weight is 351 g/mol. The minimum Gasteiger partial charge on any atom is -0.480 e. The van der Waals surface area contributed by atoms with Crippen LogP contribution < -0.4 is 5.32 Å². The molecular weight excluding hydrogens is 332 g/mol. The quantitative estimate of drug-likeness (QED) is 0.838. The fourth-order valence-corrected chi connectivity index (χ4v) is 2.43. The summed E-state index contributed by atoms with van der Waals surface area (Å²) in [6.45, 7) is 5.22. The van der Waals surface area contributed by atoms with Gasteiger partial charge in [-0.1, -0.05) is 19.9 Å². The standard InChI is InChI=1S/C17H19F2N3O3/c1-9(2)7-13(17(24)25)20-16(23)14-10(3)8-22(21-14)15-11(18)5-4-6-12(15)19/h4-6,8-9,13H,7H2,1-3H3,(H,20,23)(H,24,25). The highest BCUT2D eigenvalue weighted by atomic mass is 19.1. The van der Waals surface area contributed by atoms with Gasteiger partial charge in [-0.15, -0.1) is 0 Å². The van der Waals surface area contributed by atoms with Crippen molar-refractivity contribution < 1.29 is 23.5 Å². The van der Waals surface area contributed by atoms with Crippen LogP contribution in [0.25, 0.3) is 5.69 Å². The molecule has 0 fully saturated rings. The predicted molar refractivity (Wildman–Crippen MR) is 86.6 cm³/mol. The number of aryl methyl sites for hydroxylation is 1. The van der Waals surface area contributed by atoms with Gasteiger partial charge in [-0.25, -0.2) is 18.3 Å². The largest absolute Gasteiger partial charge is 0.480 e. The van der Waals surface area contributed by atoms with Gasteiger partial charge in [0.1, 0.15) is 11.7 Å². The van der Waals surface area contributed by atoms with Crippen LogP contribution in [0.3, 0.4) is 0 Å². The summed E-state index contributed by atoms with van der Waals surface area (Å²) in [5, 5.41) is 15.5. The van der Waals surface area contributed by atoms with Gasteiger partial charge < -0.3 is 10.4 Å². The molecule has 1 aromatic heterocycles. The summed E-state index contributed by atoms with van der Waals surface area (Å²) < 4.78 is 28.7. The molecule has 25 heavy (non-hydrogen) atoms. The number of hydrogen-bond acceptors (Lipinski definition) is 3. The smallest absolute Gasteiger partial charge is 0.326 e. The number of para-hydroxylation sites is 1. The third-order valence-corrected chi connectivity index (χ3v) is 3.59. The molecular formula is C17H19F2N3O3. The molecule has 1 heterocycles. The number of nitrogens with zero attached hydrogens (tertiary/aromatic N) is 2. The zero-order valence-corrected chi connectivity index (χ0v) is 14.1. The Morgan fingerprint density at radius 3 is 2.40 bits per heavy atom. The van der Waals surface area contributed by atoms with Crippen molar-refractivity contribution in [3.05, 3.63) is 47.3 Å². The van der Waals surface area contributed by atoms with Crippen molar-refractivity contribution in [2.45, 2.75) is 33.2 Å². The molecule has 1 unspecified atom stereocenters. The van der Waals surface area contributed by atoms with Crippen molar-refractivity contribution in [3.63, 3.8) is 0 Å². The fourth-order valence-electron chi connectivity index (χ4n) is 2.43. The zero-order chi connectivity index (χ0) is 18.7. The third-order valence-electron chi connectivity index (χ3n) is 3.59. The fraction of sp³-hybridized carbons (Fsp3) is 0.353. The maximum Gasteiger partial charge on any atom is 0.326 e. The first-order chi connectivity index (χ1) is 11.7. The normalized spacial score (nSPS) is 12.2. The first kappa shape index (κ1) is 18.6. The summed E-state index contributed by atoms with van der Waals surface area (Å²) in [7, 11) is 0.